The molecule has 2 saturated carbocycles. The van der Waals surface area contributed by atoms with Crippen molar-refractivity contribution in [2.45, 2.75) is 91.0 Å². The van der Waals surface area contributed by atoms with E-state index in [4.69, 9.17) is 4.98 Å². The Bertz CT molecular complexity index is 1810. The summed E-state index contributed by atoms with van der Waals surface area (Å²) in [4.78, 5) is 62.6. The summed E-state index contributed by atoms with van der Waals surface area (Å²) in [6.07, 6.45) is 9.76. The number of aliphatic imine (C=N–C) groups is 1. The third-order valence-electron chi connectivity index (χ3n) is 10.8. The standard InChI is InChI=1S/C41H52N6O6/c1-39(2,3)33(47-36(49)41(38(52)53)21-9-6-10-22-41)34-45-26-32(46-34)30-17-13-28(14-18-30)27-11-15-29(16-12-27)31(42-4)25-43-23-24-44-35(48)40(37(50)51)19-7-5-8-20-40/h11-18,25-26,33,43H,4-10,19-24H2,1-3H3,(H,44,48)(H,45,46)(H,47,49)(H,50,51)(H,52,53)/b31-25-. The number of carbonyl (C=O) groups excluding carboxylic acids is 2. The van der Waals surface area contributed by atoms with Crippen molar-refractivity contribution in [1.82, 2.24) is 25.9 Å². The maximum atomic E-state index is 13.5. The monoisotopic (exact) mass is 724 g/mol. The van der Waals surface area contributed by atoms with Crippen LogP contribution in [-0.4, -0.2) is 63.7 Å². The van der Waals surface area contributed by atoms with Gasteiger partial charge in [-0.05, 0) is 48.9 Å². The van der Waals surface area contributed by atoms with Crippen molar-refractivity contribution >= 4 is 36.2 Å². The lowest BCUT2D eigenvalue weighted by Crippen LogP contribution is -2.50. The first-order valence-electron chi connectivity index (χ1n) is 18.5. The first kappa shape index (κ1) is 39.0. The van der Waals surface area contributed by atoms with E-state index < -0.39 is 46.0 Å². The molecule has 1 heterocycles. The number of hydrogen-bond donors (Lipinski definition) is 6. The van der Waals surface area contributed by atoms with Gasteiger partial charge in [-0.25, -0.2) is 4.98 Å². The molecule has 1 aromatic heterocycles. The van der Waals surface area contributed by atoms with Crippen LogP contribution < -0.4 is 16.0 Å². The summed E-state index contributed by atoms with van der Waals surface area (Å²) in [5.41, 5.74) is 1.93. The molecule has 3 aromatic rings. The van der Waals surface area contributed by atoms with Crippen molar-refractivity contribution in [3.05, 3.63) is 72.3 Å². The van der Waals surface area contributed by atoms with Crippen LogP contribution in [0.5, 0.6) is 0 Å². The van der Waals surface area contributed by atoms with E-state index in [-0.39, 0.29) is 6.54 Å². The Morgan fingerprint density at radius 1 is 0.811 bits per heavy atom. The molecule has 2 amide bonds. The van der Waals surface area contributed by atoms with E-state index in [2.05, 4.69) is 32.6 Å². The minimum absolute atomic E-state index is 0.282. The zero-order valence-corrected chi connectivity index (χ0v) is 31.0. The van der Waals surface area contributed by atoms with Gasteiger partial charge in [-0.2, -0.15) is 0 Å². The first-order valence-corrected chi connectivity index (χ1v) is 18.5. The highest BCUT2D eigenvalue weighted by Gasteiger charge is 2.49. The molecule has 53 heavy (non-hydrogen) atoms. The van der Waals surface area contributed by atoms with Crippen molar-refractivity contribution in [1.29, 1.82) is 0 Å². The lowest BCUT2D eigenvalue weighted by atomic mass is 9.72. The Hall–Kier alpha value is -5.26. The Labute approximate surface area is 311 Å². The molecule has 2 aromatic carbocycles. The number of imidazole rings is 1. The highest BCUT2D eigenvalue weighted by Crippen LogP contribution is 2.40. The molecule has 0 spiro atoms. The summed E-state index contributed by atoms with van der Waals surface area (Å²) in [5, 5.41) is 28.7. The second-order valence-electron chi connectivity index (χ2n) is 15.4. The lowest BCUT2D eigenvalue weighted by molar-refractivity contribution is -0.160. The number of nitrogens with one attached hydrogen (secondary N) is 4. The highest BCUT2D eigenvalue weighted by atomic mass is 16.4. The average Bonchev–Trinajstić information content (AvgIpc) is 3.65. The van der Waals surface area contributed by atoms with Crippen LogP contribution in [0.2, 0.25) is 0 Å². The van der Waals surface area contributed by atoms with E-state index in [1.165, 1.54) is 0 Å². The molecule has 282 valence electrons. The molecule has 5 rings (SSSR count). The molecular formula is C41H52N6O6. The van der Waals surface area contributed by atoms with Crippen LogP contribution in [0, 0.1) is 16.2 Å². The number of carbonyl (C=O) groups is 4. The number of aromatic amines is 1. The predicted molar refractivity (Wildman–Crippen MR) is 205 cm³/mol. The first-order chi connectivity index (χ1) is 25.3. The molecule has 0 radical (unpaired) electrons. The number of aromatic nitrogens is 2. The van der Waals surface area contributed by atoms with E-state index in [0.717, 1.165) is 60.8 Å². The number of aliphatic carboxylic acids is 2. The molecule has 2 aliphatic carbocycles. The van der Waals surface area contributed by atoms with Crippen molar-refractivity contribution < 1.29 is 29.4 Å². The highest BCUT2D eigenvalue weighted by molar-refractivity contribution is 6.02. The van der Waals surface area contributed by atoms with E-state index >= 15 is 0 Å². The number of H-pyrrole nitrogens is 1. The summed E-state index contributed by atoms with van der Waals surface area (Å²) in [6, 6.07) is 15.4. The minimum Gasteiger partial charge on any atom is -0.480 e. The fourth-order valence-corrected chi connectivity index (χ4v) is 7.46. The molecule has 0 aliphatic heterocycles. The molecule has 2 aliphatic rings. The van der Waals surface area contributed by atoms with E-state index in [1.807, 2.05) is 69.3 Å². The molecule has 1 atom stereocenters. The smallest absolute Gasteiger partial charge is 0.319 e. The van der Waals surface area contributed by atoms with Gasteiger partial charge in [0, 0.05) is 36.6 Å². The molecule has 6 N–H and O–H groups in total. The van der Waals surface area contributed by atoms with Crippen molar-refractivity contribution in [2.24, 2.45) is 21.2 Å². The van der Waals surface area contributed by atoms with E-state index in [0.29, 0.717) is 49.4 Å². The van der Waals surface area contributed by atoms with Gasteiger partial charge >= 0.3 is 11.9 Å². The number of carboxylic acids is 2. The van der Waals surface area contributed by atoms with Crippen LogP contribution in [0.25, 0.3) is 28.1 Å². The second kappa shape index (κ2) is 16.6. The summed E-state index contributed by atoms with van der Waals surface area (Å²) in [7, 11) is 0. The van der Waals surface area contributed by atoms with Crippen molar-refractivity contribution in [3.63, 3.8) is 0 Å². The quantitative estimate of drug-likeness (QED) is 0.0601. The molecule has 2 fully saturated rings. The van der Waals surface area contributed by atoms with Crippen LogP contribution in [0.15, 0.2) is 65.9 Å². The Kier molecular flexibility index (Phi) is 12.2. The maximum absolute atomic E-state index is 13.5. The number of nitrogens with zero attached hydrogens (tertiary/aromatic N) is 2. The number of benzene rings is 2. The second-order valence-corrected chi connectivity index (χ2v) is 15.4. The number of amides is 2. The average molecular weight is 725 g/mol. The normalized spacial score (nSPS) is 17.6. The molecular weight excluding hydrogens is 672 g/mol. The summed E-state index contributed by atoms with van der Waals surface area (Å²) < 4.78 is 0. The molecule has 0 bridgehead atoms. The topological polar surface area (TPSA) is 186 Å². The van der Waals surface area contributed by atoms with E-state index in [1.54, 1.807) is 12.4 Å². The number of carboxylic acid groups (broad SMARTS) is 2. The molecule has 12 heteroatoms. The number of rotatable bonds is 14. The van der Waals surface area contributed by atoms with Gasteiger partial charge < -0.3 is 31.1 Å². The van der Waals surface area contributed by atoms with Crippen LogP contribution in [0.3, 0.4) is 0 Å². The van der Waals surface area contributed by atoms with Gasteiger partial charge in [0.2, 0.25) is 11.8 Å². The largest absolute Gasteiger partial charge is 0.480 e. The van der Waals surface area contributed by atoms with Crippen LogP contribution in [-0.2, 0) is 19.2 Å². The van der Waals surface area contributed by atoms with Crippen LogP contribution in [0.1, 0.15) is 102 Å². The van der Waals surface area contributed by atoms with Gasteiger partial charge in [0.15, 0.2) is 0 Å². The fourth-order valence-electron chi connectivity index (χ4n) is 7.46. The third-order valence-corrected chi connectivity index (χ3v) is 10.8. The predicted octanol–water partition coefficient (Wildman–Crippen LogP) is 6.72. The minimum atomic E-state index is -1.41. The van der Waals surface area contributed by atoms with Gasteiger partial charge in [0.1, 0.15) is 16.7 Å². The Morgan fingerprint density at radius 3 is 1.83 bits per heavy atom. The van der Waals surface area contributed by atoms with Gasteiger partial charge in [0.25, 0.3) is 0 Å². The van der Waals surface area contributed by atoms with Crippen molar-refractivity contribution in [3.8, 4) is 22.4 Å². The third kappa shape index (κ3) is 8.69. The van der Waals surface area contributed by atoms with E-state index in [9.17, 15) is 29.4 Å². The van der Waals surface area contributed by atoms with Gasteiger partial charge in [-0.1, -0.05) is 108 Å². The van der Waals surface area contributed by atoms with Gasteiger partial charge in [0.05, 0.1) is 17.4 Å². The zero-order valence-electron chi connectivity index (χ0n) is 31.0. The lowest BCUT2D eigenvalue weighted by Gasteiger charge is -2.36. The fraction of sp³-hybridized carbons (Fsp3) is 0.463. The van der Waals surface area contributed by atoms with Crippen LogP contribution in [0.4, 0.5) is 0 Å². The van der Waals surface area contributed by atoms with Crippen LogP contribution >= 0.6 is 0 Å². The molecule has 12 nitrogen and oxygen atoms in total. The summed E-state index contributed by atoms with van der Waals surface area (Å²) in [5.74, 6) is -2.41. The number of hydrogen-bond acceptors (Lipinski definition) is 7. The summed E-state index contributed by atoms with van der Waals surface area (Å²) in [6.45, 7) is 10.4. The van der Waals surface area contributed by atoms with Crippen molar-refractivity contribution in [2.75, 3.05) is 13.1 Å². The molecule has 0 saturated heterocycles. The summed E-state index contributed by atoms with van der Waals surface area (Å²) >= 11 is 0. The molecule has 1 unspecified atom stereocenters. The Morgan fingerprint density at radius 2 is 1.32 bits per heavy atom. The maximum Gasteiger partial charge on any atom is 0.319 e. The SMILES string of the molecule is C=N/C(=C\NCCNC(=O)C1(C(=O)O)CCCCC1)c1ccc(-c2ccc(-c3c[nH]c(C(NC(=O)C4(C(=O)O)CCCCC4)C(C)(C)C)n3)cc2)cc1. The van der Waals surface area contributed by atoms with Gasteiger partial charge in [-0.15, -0.1) is 0 Å². The Balaban J connectivity index is 1.19. The zero-order chi connectivity index (χ0) is 38.2. The van der Waals surface area contributed by atoms with Gasteiger partial charge in [-0.3, -0.25) is 24.2 Å².